The Morgan fingerprint density at radius 3 is 2.43 bits per heavy atom. The zero-order chi connectivity index (χ0) is 36.5. The number of thiazole rings is 1. The van der Waals surface area contributed by atoms with Gasteiger partial charge in [-0.3, -0.25) is 4.79 Å². The van der Waals surface area contributed by atoms with Gasteiger partial charge in [0.25, 0.3) is 0 Å². The lowest BCUT2D eigenvalue weighted by Crippen LogP contribution is -2.57. The van der Waals surface area contributed by atoms with Crippen molar-refractivity contribution < 1.29 is 32.6 Å². The van der Waals surface area contributed by atoms with Crippen LogP contribution in [0.2, 0.25) is 0 Å². The molecule has 3 aromatic rings. The Hall–Kier alpha value is -3.56. The van der Waals surface area contributed by atoms with Gasteiger partial charge in [-0.05, 0) is 60.9 Å². The van der Waals surface area contributed by atoms with E-state index >= 15 is 0 Å². The Labute approximate surface area is 305 Å². The number of methoxy groups -OCH3 is 2. The minimum Gasteiger partial charge on any atom is -0.497 e. The van der Waals surface area contributed by atoms with E-state index in [-0.39, 0.29) is 42.3 Å². The van der Waals surface area contributed by atoms with Gasteiger partial charge in [0, 0.05) is 38.7 Å². The normalized spacial score (nSPS) is 17.4. The minimum atomic E-state index is -3.99. The van der Waals surface area contributed by atoms with Gasteiger partial charge < -0.3 is 29.7 Å². The van der Waals surface area contributed by atoms with E-state index in [1.807, 2.05) is 49.6 Å². The number of hydrogen-bond acceptors (Lipinski definition) is 9. The van der Waals surface area contributed by atoms with Crippen molar-refractivity contribution in [3.63, 3.8) is 0 Å². The number of sulfonamides is 1. The molecule has 14 heteroatoms. The van der Waals surface area contributed by atoms with Crippen LogP contribution in [0.25, 0.3) is 0 Å². The molecule has 12 nitrogen and oxygen atoms in total. The number of urea groups is 1. The molecule has 0 bridgehead atoms. The van der Waals surface area contributed by atoms with E-state index < -0.39 is 34.1 Å². The van der Waals surface area contributed by atoms with E-state index in [1.54, 1.807) is 29.0 Å². The quantitative estimate of drug-likeness (QED) is 0.194. The van der Waals surface area contributed by atoms with Crippen molar-refractivity contribution in [2.75, 3.05) is 40.4 Å². The van der Waals surface area contributed by atoms with E-state index in [4.69, 9.17) is 9.47 Å². The zero-order valence-corrected chi connectivity index (χ0v) is 31.6. The second kappa shape index (κ2) is 17.8. The summed E-state index contributed by atoms with van der Waals surface area (Å²) in [5.74, 6) is 0.0974. The fourth-order valence-electron chi connectivity index (χ4n) is 7.02. The number of benzene rings is 2. The molecule has 1 saturated heterocycles. The van der Waals surface area contributed by atoms with E-state index in [0.29, 0.717) is 32.0 Å². The first-order valence-electron chi connectivity index (χ1n) is 17.6. The summed E-state index contributed by atoms with van der Waals surface area (Å²) in [7, 11) is -0.858. The van der Waals surface area contributed by atoms with Crippen molar-refractivity contribution in [3.05, 3.63) is 76.2 Å². The standard InChI is InChI=1S/C37H51N5O7S2/c1-26(2)35(42-19-18-40(37(42)45)22-29-25-50-34(38-29)24-48-3)36(44)39-32(20-27-10-6-5-7-11-27)33(43)23-41(21-28-12-8-9-13-28)51(46,47)31-16-14-30(49-4)15-17-31/h5-7,10-11,14-17,25-26,28,32-33,35,43H,8-9,12-13,18-24H2,1-4H3,(H,39,44)/t32-,33-,35-/m0/s1. The first-order chi connectivity index (χ1) is 24.5. The summed E-state index contributed by atoms with van der Waals surface area (Å²) >= 11 is 1.48. The predicted molar refractivity (Wildman–Crippen MR) is 196 cm³/mol. The third kappa shape index (κ3) is 9.86. The molecule has 3 atom stereocenters. The molecular weight excluding hydrogens is 691 g/mol. The number of carbonyl (C=O) groups is 2. The second-order valence-electron chi connectivity index (χ2n) is 13.8. The lowest BCUT2D eigenvalue weighted by atomic mass is 9.97. The highest BCUT2D eigenvalue weighted by molar-refractivity contribution is 7.89. The molecule has 0 unspecified atom stereocenters. The molecule has 1 aromatic heterocycles. The molecule has 3 amide bonds. The summed E-state index contributed by atoms with van der Waals surface area (Å²) in [5, 5.41) is 17.7. The topological polar surface area (TPSA) is 142 Å². The average molecular weight is 742 g/mol. The summed E-state index contributed by atoms with van der Waals surface area (Å²) in [6, 6.07) is 13.8. The number of rotatable bonds is 18. The SMILES string of the molecule is COCc1nc(CN2CCN([C@H](C(=O)N[C@@H](Cc3ccccc3)[C@@H](O)CN(CC3CCCC3)S(=O)(=O)c3ccc(OC)cc3)C(C)C)C2=O)cs1. The first-order valence-corrected chi connectivity index (χ1v) is 20.0. The fourth-order valence-corrected chi connectivity index (χ4v) is 9.31. The molecule has 2 fully saturated rings. The first kappa shape index (κ1) is 38.7. The van der Waals surface area contributed by atoms with Gasteiger partial charge in [0.05, 0.1) is 43.0 Å². The number of aliphatic hydroxyl groups is 1. The van der Waals surface area contributed by atoms with Crippen LogP contribution in [-0.2, 0) is 39.1 Å². The second-order valence-corrected chi connectivity index (χ2v) is 16.7. The summed E-state index contributed by atoms with van der Waals surface area (Å²) in [5.41, 5.74) is 1.65. The van der Waals surface area contributed by atoms with Crippen LogP contribution in [0.3, 0.4) is 0 Å². The Kier molecular flexibility index (Phi) is 13.5. The Bertz CT molecular complexity index is 1680. The molecule has 2 aromatic carbocycles. The molecule has 1 saturated carbocycles. The number of amides is 3. The van der Waals surface area contributed by atoms with E-state index in [0.717, 1.165) is 41.9 Å². The molecule has 0 spiro atoms. The molecule has 2 aliphatic rings. The van der Waals surface area contributed by atoms with Gasteiger partial charge >= 0.3 is 6.03 Å². The highest BCUT2D eigenvalue weighted by atomic mass is 32.2. The van der Waals surface area contributed by atoms with Crippen LogP contribution in [0.15, 0.2) is 64.9 Å². The van der Waals surface area contributed by atoms with Crippen LogP contribution in [0, 0.1) is 11.8 Å². The van der Waals surface area contributed by atoms with E-state index in [1.165, 1.54) is 34.9 Å². The number of aliphatic hydroxyl groups excluding tert-OH is 1. The molecule has 5 rings (SSSR count). The third-order valence-corrected chi connectivity index (χ3v) is 12.4. The number of nitrogens with one attached hydrogen (secondary N) is 1. The maximum atomic E-state index is 14.2. The number of aromatic nitrogens is 1. The van der Waals surface area contributed by atoms with Gasteiger partial charge in [0.1, 0.15) is 16.8 Å². The monoisotopic (exact) mass is 741 g/mol. The highest BCUT2D eigenvalue weighted by Gasteiger charge is 2.41. The summed E-state index contributed by atoms with van der Waals surface area (Å²) in [4.78, 5) is 35.8. The Morgan fingerprint density at radius 2 is 1.78 bits per heavy atom. The fraction of sp³-hybridized carbons (Fsp3) is 0.541. The largest absolute Gasteiger partial charge is 0.497 e. The van der Waals surface area contributed by atoms with Crippen molar-refractivity contribution in [1.82, 2.24) is 24.4 Å². The van der Waals surface area contributed by atoms with Crippen molar-refractivity contribution in [1.29, 1.82) is 0 Å². The molecule has 1 aliphatic carbocycles. The van der Waals surface area contributed by atoms with Gasteiger partial charge in [-0.15, -0.1) is 11.3 Å². The van der Waals surface area contributed by atoms with Crippen LogP contribution >= 0.6 is 11.3 Å². The smallest absolute Gasteiger partial charge is 0.321 e. The van der Waals surface area contributed by atoms with Gasteiger partial charge in [-0.2, -0.15) is 4.31 Å². The molecule has 0 radical (unpaired) electrons. The average Bonchev–Trinajstić information content (AvgIpc) is 3.88. The maximum absolute atomic E-state index is 14.2. The van der Waals surface area contributed by atoms with Crippen molar-refractivity contribution in [2.45, 2.75) is 82.2 Å². The van der Waals surface area contributed by atoms with Crippen molar-refractivity contribution >= 4 is 33.3 Å². The van der Waals surface area contributed by atoms with Crippen LogP contribution in [0.5, 0.6) is 5.75 Å². The van der Waals surface area contributed by atoms with Crippen molar-refractivity contribution in [2.24, 2.45) is 11.8 Å². The predicted octanol–water partition coefficient (Wildman–Crippen LogP) is 4.53. The molecule has 51 heavy (non-hydrogen) atoms. The Morgan fingerprint density at radius 1 is 1.08 bits per heavy atom. The van der Waals surface area contributed by atoms with Crippen LogP contribution in [0.1, 0.15) is 55.8 Å². The zero-order valence-electron chi connectivity index (χ0n) is 29.9. The number of ether oxygens (including phenoxy) is 2. The number of nitrogens with zero attached hydrogens (tertiary/aromatic N) is 4. The molecular formula is C37H51N5O7S2. The van der Waals surface area contributed by atoms with E-state index in [9.17, 15) is 23.1 Å². The third-order valence-electron chi connectivity index (χ3n) is 9.70. The summed E-state index contributed by atoms with van der Waals surface area (Å²) in [6.07, 6.45) is 2.95. The van der Waals surface area contributed by atoms with Gasteiger partial charge in [0.2, 0.25) is 15.9 Å². The lowest BCUT2D eigenvalue weighted by molar-refractivity contribution is -0.128. The summed E-state index contributed by atoms with van der Waals surface area (Å²) in [6.45, 7) is 5.41. The van der Waals surface area contributed by atoms with E-state index in [2.05, 4.69) is 10.3 Å². The lowest BCUT2D eigenvalue weighted by Gasteiger charge is -2.34. The van der Waals surface area contributed by atoms with Gasteiger partial charge in [0.15, 0.2) is 0 Å². The minimum absolute atomic E-state index is 0.113. The molecule has 2 heterocycles. The van der Waals surface area contributed by atoms with Crippen molar-refractivity contribution in [3.8, 4) is 5.75 Å². The van der Waals surface area contributed by atoms with Gasteiger partial charge in [-0.1, -0.05) is 57.0 Å². The molecule has 2 N–H and O–H groups in total. The summed E-state index contributed by atoms with van der Waals surface area (Å²) < 4.78 is 40.0. The Balaban J connectivity index is 1.36. The van der Waals surface area contributed by atoms with Gasteiger partial charge in [-0.25, -0.2) is 18.2 Å². The van der Waals surface area contributed by atoms with Crippen LogP contribution in [0.4, 0.5) is 4.79 Å². The molecule has 278 valence electrons. The highest BCUT2D eigenvalue weighted by Crippen LogP contribution is 2.29. The van der Waals surface area contributed by atoms with Crippen LogP contribution < -0.4 is 10.1 Å². The van der Waals surface area contributed by atoms with Crippen LogP contribution in [-0.4, -0.2) is 103 Å². The maximum Gasteiger partial charge on any atom is 0.321 e. The number of carbonyl (C=O) groups excluding carboxylic acids is 2. The molecule has 1 aliphatic heterocycles. The number of hydrogen-bond donors (Lipinski definition) is 2.